The molecule has 170 valence electrons. The molecule has 1 aromatic heterocycles. The quantitative estimate of drug-likeness (QED) is 0.555. The van der Waals surface area contributed by atoms with Gasteiger partial charge in [-0.05, 0) is 52.0 Å². The lowest BCUT2D eigenvalue weighted by Crippen LogP contribution is -2.50. The number of carbonyl (C=O) groups excluding carboxylic acids is 1. The van der Waals surface area contributed by atoms with Gasteiger partial charge in [-0.25, -0.2) is 4.68 Å². The van der Waals surface area contributed by atoms with Crippen LogP contribution in [0.2, 0.25) is 0 Å². The van der Waals surface area contributed by atoms with Crippen molar-refractivity contribution in [2.24, 2.45) is 5.92 Å². The van der Waals surface area contributed by atoms with Crippen molar-refractivity contribution in [3.63, 3.8) is 0 Å². The van der Waals surface area contributed by atoms with E-state index < -0.39 is 0 Å². The molecule has 30 heavy (non-hydrogen) atoms. The Morgan fingerprint density at radius 3 is 2.40 bits per heavy atom. The fraction of sp³-hybridized carbons (Fsp3) is 0.864. The lowest BCUT2D eigenvalue weighted by atomic mass is 10.1. The smallest absolute Gasteiger partial charge is 0.225 e. The molecule has 2 fully saturated rings. The van der Waals surface area contributed by atoms with Crippen molar-refractivity contribution in [2.45, 2.75) is 78.0 Å². The largest absolute Gasteiger partial charge is 0.340 e. The number of hydrogen-bond donors (Lipinski definition) is 0. The van der Waals surface area contributed by atoms with E-state index in [0.29, 0.717) is 12.6 Å². The van der Waals surface area contributed by atoms with Crippen molar-refractivity contribution >= 4 is 18.1 Å². The van der Waals surface area contributed by atoms with Gasteiger partial charge in [-0.1, -0.05) is 33.1 Å². The summed E-state index contributed by atoms with van der Waals surface area (Å²) in [6.07, 6.45) is 7.84. The summed E-state index contributed by atoms with van der Waals surface area (Å²) in [7, 11) is 4.22. The van der Waals surface area contributed by atoms with Crippen molar-refractivity contribution in [1.82, 2.24) is 29.0 Å². The Bertz CT molecular complexity index is 743. The summed E-state index contributed by atoms with van der Waals surface area (Å²) in [5.74, 6) is 1.74. The molecule has 0 aromatic carbocycles. The monoisotopic (exact) mass is 436 g/mol. The maximum absolute atomic E-state index is 12.7. The van der Waals surface area contributed by atoms with Crippen LogP contribution < -0.4 is 0 Å². The molecule has 1 atom stereocenters. The van der Waals surface area contributed by atoms with Crippen LogP contribution in [0.1, 0.15) is 70.7 Å². The zero-order valence-corrected chi connectivity index (χ0v) is 20.2. The molecule has 1 aromatic rings. The molecule has 1 amide bonds. The second-order valence-electron chi connectivity index (χ2n) is 9.10. The van der Waals surface area contributed by atoms with Crippen LogP contribution in [0, 0.1) is 10.7 Å². The molecule has 7 nitrogen and oxygen atoms in total. The summed E-state index contributed by atoms with van der Waals surface area (Å²) in [5, 5.41) is 4.98. The topological polar surface area (TPSA) is 49.5 Å². The van der Waals surface area contributed by atoms with E-state index in [1.807, 2.05) is 4.68 Å². The molecule has 0 bridgehead atoms. The first-order valence-corrected chi connectivity index (χ1v) is 12.2. The molecule has 0 radical (unpaired) electrons. The molecule has 2 heterocycles. The number of nitrogens with zero attached hydrogens (tertiary/aromatic N) is 6. The molecule has 1 saturated heterocycles. The Morgan fingerprint density at radius 2 is 1.83 bits per heavy atom. The molecule has 0 N–H and O–H groups in total. The fourth-order valence-electron chi connectivity index (χ4n) is 4.83. The van der Waals surface area contributed by atoms with Gasteiger partial charge in [0, 0.05) is 38.6 Å². The van der Waals surface area contributed by atoms with E-state index in [1.54, 1.807) is 0 Å². The van der Waals surface area contributed by atoms with Gasteiger partial charge in [0.15, 0.2) is 4.77 Å². The molecule has 8 heteroatoms. The standard InChI is InChI=1S/C22H40N6OS/c1-5-7-12-27-20(19(6-2)24(3)4)23-28(22(27)30)17-25-13-15-26(16-14-25)21(29)18-10-8-9-11-18/h18-19H,5-17H2,1-4H3. The lowest BCUT2D eigenvalue weighted by Gasteiger charge is -2.35. The van der Waals surface area contributed by atoms with Gasteiger partial charge in [-0.2, -0.15) is 5.10 Å². The van der Waals surface area contributed by atoms with Gasteiger partial charge < -0.3 is 9.47 Å². The molecule has 1 aliphatic heterocycles. The molecule has 1 unspecified atom stereocenters. The Hall–Kier alpha value is -1.25. The molecular weight excluding hydrogens is 396 g/mol. The molecular formula is C22H40N6OS. The van der Waals surface area contributed by atoms with Crippen molar-refractivity contribution in [3.05, 3.63) is 10.6 Å². The van der Waals surface area contributed by atoms with Gasteiger partial charge in [-0.15, -0.1) is 0 Å². The first-order valence-electron chi connectivity index (χ1n) is 11.8. The predicted molar refractivity (Wildman–Crippen MR) is 123 cm³/mol. The van der Waals surface area contributed by atoms with Gasteiger partial charge in [0.2, 0.25) is 5.91 Å². The van der Waals surface area contributed by atoms with Crippen LogP contribution in [-0.4, -0.2) is 75.2 Å². The minimum Gasteiger partial charge on any atom is -0.340 e. The number of hydrogen-bond acceptors (Lipinski definition) is 5. The zero-order valence-electron chi connectivity index (χ0n) is 19.3. The summed E-state index contributed by atoms with van der Waals surface area (Å²) >= 11 is 5.84. The number of amides is 1. The molecule has 1 aliphatic carbocycles. The highest BCUT2D eigenvalue weighted by Crippen LogP contribution is 2.27. The van der Waals surface area contributed by atoms with Crippen LogP contribution >= 0.6 is 12.2 Å². The average molecular weight is 437 g/mol. The van der Waals surface area contributed by atoms with Crippen LogP contribution in [0.15, 0.2) is 0 Å². The van der Waals surface area contributed by atoms with Crippen molar-refractivity contribution in [2.75, 3.05) is 40.3 Å². The number of aromatic nitrogens is 3. The highest BCUT2D eigenvalue weighted by Gasteiger charge is 2.30. The first-order chi connectivity index (χ1) is 14.5. The Kier molecular flexibility index (Phi) is 8.48. The molecule has 1 saturated carbocycles. The minimum atomic E-state index is 0.269. The van der Waals surface area contributed by atoms with E-state index in [9.17, 15) is 4.79 Å². The van der Waals surface area contributed by atoms with Gasteiger partial charge >= 0.3 is 0 Å². The minimum absolute atomic E-state index is 0.269. The van der Waals surface area contributed by atoms with Crippen LogP contribution in [0.5, 0.6) is 0 Å². The van der Waals surface area contributed by atoms with Gasteiger partial charge in [-0.3, -0.25) is 14.6 Å². The molecule has 0 spiro atoms. The van der Waals surface area contributed by atoms with Crippen LogP contribution in [0.3, 0.4) is 0 Å². The second-order valence-corrected chi connectivity index (χ2v) is 9.46. The summed E-state index contributed by atoms with van der Waals surface area (Å²) in [4.78, 5) is 19.4. The fourth-order valence-corrected chi connectivity index (χ4v) is 5.11. The van der Waals surface area contributed by atoms with Gasteiger partial charge in [0.1, 0.15) is 5.82 Å². The first kappa shape index (κ1) is 23.4. The highest BCUT2D eigenvalue weighted by atomic mass is 32.1. The summed E-state index contributed by atoms with van der Waals surface area (Å²) in [6, 6.07) is 0.269. The maximum atomic E-state index is 12.7. The second kappa shape index (κ2) is 10.9. The van der Waals surface area contributed by atoms with Gasteiger partial charge in [0.05, 0.1) is 12.7 Å². The Labute approximate surface area is 187 Å². The van der Waals surface area contributed by atoms with E-state index in [2.05, 4.69) is 47.2 Å². The summed E-state index contributed by atoms with van der Waals surface area (Å²) in [6.45, 7) is 9.48. The third-order valence-electron chi connectivity index (χ3n) is 6.72. The summed E-state index contributed by atoms with van der Waals surface area (Å²) < 4.78 is 5.07. The lowest BCUT2D eigenvalue weighted by molar-refractivity contribution is -0.137. The van der Waals surface area contributed by atoms with Crippen molar-refractivity contribution in [1.29, 1.82) is 0 Å². The van der Waals surface area contributed by atoms with Crippen LogP contribution in [0.25, 0.3) is 0 Å². The van der Waals surface area contributed by atoms with E-state index in [1.165, 1.54) is 12.8 Å². The van der Waals surface area contributed by atoms with E-state index in [0.717, 1.165) is 75.4 Å². The number of rotatable bonds is 9. The van der Waals surface area contributed by atoms with Crippen LogP contribution in [0.4, 0.5) is 0 Å². The molecule has 2 aliphatic rings. The Balaban J connectivity index is 1.67. The number of piperazine rings is 1. The third kappa shape index (κ3) is 5.32. The maximum Gasteiger partial charge on any atom is 0.225 e. The normalized spacial score (nSPS) is 19.7. The average Bonchev–Trinajstić information content (AvgIpc) is 3.37. The van der Waals surface area contributed by atoms with Crippen molar-refractivity contribution < 1.29 is 4.79 Å². The zero-order chi connectivity index (χ0) is 21.7. The van der Waals surface area contributed by atoms with E-state index in [-0.39, 0.29) is 12.0 Å². The van der Waals surface area contributed by atoms with Gasteiger partial charge in [0.25, 0.3) is 0 Å². The number of unbranched alkanes of at least 4 members (excludes halogenated alkanes) is 1. The van der Waals surface area contributed by atoms with E-state index in [4.69, 9.17) is 17.3 Å². The SMILES string of the molecule is CCCCn1c(C(CC)N(C)C)nn(CN2CCN(C(=O)C3CCCC3)CC2)c1=S. The predicted octanol–water partition coefficient (Wildman–Crippen LogP) is 3.52. The summed E-state index contributed by atoms with van der Waals surface area (Å²) in [5.41, 5.74) is 0. The van der Waals surface area contributed by atoms with E-state index >= 15 is 0 Å². The van der Waals surface area contributed by atoms with Crippen LogP contribution in [-0.2, 0) is 18.0 Å². The molecule has 3 rings (SSSR count). The number of carbonyl (C=O) groups is 1. The third-order valence-corrected chi connectivity index (χ3v) is 7.15. The van der Waals surface area contributed by atoms with Crippen molar-refractivity contribution in [3.8, 4) is 0 Å². The Morgan fingerprint density at radius 1 is 1.17 bits per heavy atom. The highest BCUT2D eigenvalue weighted by molar-refractivity contribution is 7.71.